The zero-order valence-electron chi connectivity index (χ0n) is 14.1. The average Bonchev–Trinajstić information content (AvgIpc) is 2.60. The summed E-state index contributed by atoms with van der Waals surface area (Å²) >= 11 is 4.99. The van der Waals surface area contributed by atoms with Crippen molar-refractivity contribution in [2.24, 2.45) is 0 Å². The predicted octanol–water partition coefficient (Wildman–Crippen LogP) is 4.37. The standard InChI is InChI=1S/C19H20BrNO3S/c1-19(12-3-5-13(20)6-4-12)17(22)11-16(18(23-2)24-19)25-15-9-7-14(21)8-10-15/h3-10,16,18H,11,21H2,1-2H3/t16-,18-,19-/m0/s1. The van der Waals surface area contributed by atoms with Crippen LogP contribution in [-0.2, 0) is 19.9 Å². The number of hydrogen-bond acceptors (Lipinski definition) is 5. The van der Waals surface area contributed by atoms with Gasteiger partial charge in [0.15, 0.2) is 17.7 Å². The van der Waals surface area contributed by atoms with Crippen LogP contribution in [0.5, 0.6) is 0 Å². The molecule has 0 unspecified atom stereocenters. The van der Waals surface area contributed by atoms with Crippen LogP contribution in [0.3, 0.4) is 0 Å². The van der Waals surface area contributed by atoms with E-state index in [0.717, 1.165) is 14.9 Å². The van der Waals surface area contributed by atoms with Crippen molar-refractivity contribution in [2.45, 2.75) is 35.4 Å². The number of benzene rings is 2. The molecule has 0 radical (unpaired) electrons. The number of anilines is 1. The van der Waals surface area contributed by atoms with Crippen molar-refractivity contribution in [3.63, 3.8) is 0 Å². The van der Waals surface area contributed by atoms with Crippen LogP contribution in [0.2, 0.25) is 0 Å². The number of methoxy groups -OCH3 is 1. The van der Waals surface area contributed by atoms with Gasteiger partial charge in [-0.3, -0.25) is 4.79 Å². The first-order valence-corrected chi connectivity index (χ1v) is 9.62. The van der Waals surface area contributed by atoms with Gasteiger partial charge in [-0.1, -0.05) is 28.1 Å². The van der Waals surface area contributed by atoms with Crippen molar-refractivity contribution in [3.05, 3.63) is 58.6 Å². The number of halogens is 1. The first kappa shape index (κ1) is 18.5. The molecule has 0 bridgehead atoms. The Hall–Kier alpha value is -1.34. The summed E-state index contributed by atoms with van der Waals surface area (Å²) in [5, 5.41) is -0.107. The monoisotopic (exact) mass is 421 g/mol. The number of nitrogens with two attached hydrogens (primary N) is 1. The third-order valence-electron chi connectivity index (χ3n) is 4.37. The molecule has 1 aliphatic heterocycles. The molecule has 25 heavy (non-hydrogen) atoms. The molecule has 1 aliphatic rings. The summed E-state index contributed by atoms with van der Waals surface area (Å²) < 4.78 is 12.7. The Morgan fingerprint density at radius 2 is 1.84 bits per heavy atom. The van der Waals surface area contributed by atoms with Crippen LogP contribution in [0.1, 0.15) is 18.9 Å². The molecule has 3 rings (SSSR count). The van der Waals surface area contributed by atoms with Gasteiger partial charge in [0.2, 0.25) is 0 Å². The molecule has 2 aromatic carbocycles. The third-order valence-corrected chi connectivity index (χ3v) is 6.13. The number of nitrogen functional groups attached to an aromatic ring is 1. The Balaban J connectivity index is 1.81. The first-order chi connectivity index (χ1) is 11.9. The molecule has 1 saturated heterocycles. The van der Waals surface area contributed by atoms with Crippen LogP contribution in [0.25, 0.3) is 0 Å². The van der Waals surface area contributed by atoms with Crippen molar-refractivity contribution >= 4 is 39.2 Å². The maximum atomic E-state index is 12.9. The topological polar surface area (TPSA) is 61.5 Å². The Bertz CT molecular complexity index is 750. The van der Waals surface area contributed by atoms with E-state index in [1.165, 1.54) is 0 Å². The third kappa shape index (κ3) is 3.92. The number of ketones is 1. The fraction of sp³-hybridized carbons (Fsp3) is 0.316. The van der Waals surface area contributed by atoms with Crippen molar-refractivity contribution < 1.29 is 14.3 Å². The fourth-order valence-electron chi connectivity index (χ4n) is 2.86. The van der Waals surface area contributed by atoms with Crippen molar-refractivity contribution in [2.75, 3.05) is 12.8 Å². The van der Waals surface area contributed by atoms with Gasteiger partial charge in [-0.2, -0.15) is 0 Å². The average molecular weight is 422 g/mol. The summed E-state index contributed by atoms with van der Waals surface area (Å²) in [7, 11) is 1.61. The number of rotatable bonds is 4. The van der Waals surface area contributed by atoms with Crippen LogP contribution < -0.4 is 5.73 Å². The molecule has 1 fully saturated rings. The van der Waals surface area contributed by atoms with Crippen molar-refractivity contribution in [1.82, 2.24) is 0 Å². The SMILES string of the molecule is CO[C@H]1O[C@@](C)(c2ccc(Br)cc2)C(=O)C[C@@H]1Sc1ccc(N)cc1. The highest BCUT2D eigenvalue weighted by molar-refractivity contribution is 9.10. The lowest BCUT2D eigenvalue weighted by Gasteiger charge is -2.41. The fourth-order valence-corrected chi connectivity index (χ4v) is 4.28. The Kier molecular flexibility index (Phi) is 5.53. The van der Waals surface area contributed by atoms with E-state index in [9.17, 15) is 4.79 Å². The molecule has 3 atom stereocenters. The van der Waals surface area contributed by atoms with E-state index < -0.39 is 11.9 Å². The van der Waals surface area contributed by atoms with Gasteiger partial charge in [-0.25, -0.2) is 0 Å². The van der Waals surface area contributed by atoms with E-state index in [1.54, 1.807) is 18.9 Å². The number of carbonyl (C=O) groups is 1. The van der Waals surface area contributed by atoms with Gasteiger partial charge in [0, 0.05) is 28.6 Å². The predicted molar refractivity (Wildman–Crippen MR) is 103 cm³/mol. The minimum atomic E-state index is -1.00. The summed E-state index contributed by atoms with van der Waals surface area (Å²) in [6.07, 6.45) is -0.103. The second-order valence-electron chi connectivity index (χ2n) is 6.11. The lowest BCUT2D eigenvalue weighted by Crippen LogP contribution is -2.50. The summed E-state index contributed by atoms with van der Waals surface area (Å²) in [4.78, 5) is 13.9. The quantitative estimate of drug-likeness (QED) is 0.742. The van der Waals surface area contributed by atoms with E-state index >= 15 is 0 Å². The number of ether oxygens (including phenoxy) is 2. The largest absolute Gasteiger partial charge is 0.399 e. The maximum Gasteiger partial charge on any atom is 0.171 e. The van der Waals surface area contributed by atoms with Crippen molar-refractivity contribution in [3.8, 4) is 0 Å². The molecule has 4 nitrogen and oxygen atoms in total. The molecule has 0 saturated carbocycles. The normalized spacial score (nSPS) is 26.6. The molecule has 0 amide bonds. The minimum absolute atomic E-state index is 0.0519. The van der Waals surface area contributed by atoms with Gasteiger partial charge in [0.1, 0.15) is 0 Å². The Labute approximate surface area is 160 Å². The summed E-state index contributed by atoms with van der Waals surface area (Å²) in [5.74, 6) is 0.0519. The van der Waals surface area contributed by atoms with Gasteiger partial charge in [-0.15, -0.1) is 11.8 Å². The molecule has 132 valence electrons. The van der Waals surface area contributed by atoms with Gasteiger partial charge in [-0.05, 0) is 48.9 Å². The summed E-state index contributed by atoms with van der Waals surface area (Å²) in [6, 6.07) is 15.2. The lowest BCUT2D eigenvalue weighted by molar-refractivity contribution is -0.215. The summed E-state index contributed by atoms with van der Waals surface area (Å²) in [5.41, 5.74) is 6.28. The maximum absolute atomic E-state index is 12.9. The van der Waals surface area contributed by atoms with Gasteiger partial charge in [0.25, 0.3) is 0 Å². The van der Waals surface area contributed by atoms with E-state index in [-0.39, 0.29) is 11.0 Å². The Morgan fingerprint density at radius 3 is 2.44 bits per heavy atom. The number of Topliss-reactive ketones (excluding diaryl/α,β-unsaturated/α-hetero) is 1. The molecule has 1 heterocycles. The van der Waals surface area contributed by atoms with Crippen LogP contribution in [-0.4, -0.2) is 24.4 Å². The molecule has 2 N–H and O–H groups in total. The van der Waals surface area contributed by atoms with E-state index in [4.69, 9.17) is 15.2 Å². The molecule has 0 spiro atoms. The van der Waals surface area contributed by atoms with E-state index in [0.29, 0.717) is 12.1 Å². The Morgan fingerprint density at radius 1 is 1.20 bits per heavy atom. The second-order valence-corrected chi connectivity index (χ2v) is 8.34. The van der Waals surface area contributed by atoms with Crippen LogP contribution >= 0.6 is 27.7 Å². The molecule has 6 heteroatoms. The van der Waals surface area contributed by atoms with Crippen LogP contribution in [0, 0.1) is 0 Å². The van der Waals surface area contributed by atoms with Gasteiger partial charge < -0.3 is 15.2 Å². The highest BCUT2D eigenvalue weighted by atomic mass is 79.9. The van der Waals surface area contributed by atoms with Gasteiger partial charge >= 0.3 is 0 Å². The number of carbonyl (C=O) groups excluding carboxylic acids is 1. The van der Waals surface area contributed by atoms with E-state index in [1.807, 2.05) is 55.5 Å². The van der Waals surface area contributed by atoms with Crippen molar-refractivity contribution in [1.29, 1.82) is 0 Å². The number of hydrogen-bond donors (Lipinski definition) is 1. The second kappa shape index (κ2) is 7.50. The minimum Gasteiger partial charge on any atom is -0.399 e. The molecule has 0 aliphatic carbocycles. The smallest absolute Gasteiger partial charge is 0.171 e. The van der Waals surface area contributed by atoms with E-state index in [2.05, 4.69) is 15.9 Å². The highest BCUT2D eigenvalue weighted by Gasteiger charge is 2.46. The zero-order valence-corrected chi connectivity index (χ0v) is 16.5. The highest BCUT2D eigenvalue weighted by Crippen LogP contribution is 2.41. The van der Waals surface area contributed by atoms with Crippen LogP contribution in [0.15, 0.2) is 57.9 Å². The summed E-state index contributed by atoms with van der Waals surface area (Å²) in [6.45, 7) is 1.81. The molecule has 0 aromatic heterocycles. The van der Waals surface area contributed by atoms with Crippen LogP contribution in [0.4, 0.5) is 5.69 Å². The van der Waals surface area contributed by atoms with Gasteiger partial charge in [0.05, 0.1) is 5.25 Å². The molecule has 2 aromatic rings. The molecular formula is C19H20BrNO3S. The number of thioether (sulfide) groups is 1. The lowest BCUT2D eigenvalue weighted by atomic mass is 9.86. The zero-order chi connectivity index (χ0) is 18.0. The molecular weight excluding hydrogens is 402 g/mol. The first-order valence-electron chi connectivity index (χ1n) is 7.94.